The molecule has 318 valence electrons. The number of hydrogen-bond acceptors (Lipinski definition) is 10. The van der Waals surface area contributed by atoms with Gasteiger partial charge in [0.2, 0.25) is 23.1 Å². The summed E-state index contributed by atoms with van der Waals surface area (Å²) < 4.78 is 16.7. The normalized spacial score (nSPS) is 18.0. The molecule has 0 fully saturated rings. The van der Waals surface area contributed by atoms with Gasteiger partial charge in [-0.1, -0.05) is 133 Å². The van der Waals surface area contributed by atoms with E-state index in [1.54, 1.807) is 69.8 Å². The molecule has 2 unspecified atom stereocenters. The average molecular weight is 901 g/mol. The molecule has 12 heteroatoms. The molecule has 8 aromatic rings. The Morgan fingerprint density at radius 1 is 0.485 bits per heavy atom. The van der Waals surface area contributed by atoms with Crippen molar-refractivity contribution in [2.45, 2.75) is 13.2 Å². The first kappa shape index (κ1) is 39.5. The third kappa shape index (κ3) is 6.28. The number of nitrogens with zero attached hydrogens (tertiary/aromatic N) is 2. The van der Waals surface area contributed by atoms with Crippen molar-refractivity contribution < 1.29 is 38.2 Å². The minimum Gasteiger partial charge on any atom is -0.444 e. The molecule has 4 aliphatic rings. The van der Waals surface area contributed by atoms with Crippen LogP contribution in [0.25, 0.3) is 68.0 Å². The Labute approximate surface area is 382 Å². The number of thiophene rings is 2. The second-order valence-electron chi connectivity index (χ2n) is 16.4. The Bertz CT molecular complexity index is 3590. The smallest absolute Gasteiger partial charge is 0.419 e. The number of ketones is 4. The largest absolute Gasteiger partial charge is 0.444 e. The molecule has 0 saturated heterocycles. The summed E-state index contributed by atoms with van der Waals surface area (Å²) in [4.78, 5) is 82.2. The summed E-state index contributed by atoms with van der Waals surface area (Å²) in [7, 11) is 0. The summed E-state index contributed by atoms with van der Waals surface area (Å²) in [6.07, 6.45) is 10.6. The number of allylic oxidation sites excluding steroid dienone is 2. The lowest BCUT2D eigenvalue weighted by Gasteiger charge is -2.21. The Morgan fingerprint density at radius 3 is 1.27 bits per heavy atom. The number of carbonyl (C=O) groups is 6. The summed E-state index contributed by atoms with van der Waals surface area (Å²) >= 11 is 2.82. The summed E-state index contributed by atoms with van der Waals surface area (Å²) in [6, 6.07) is 36.4. The van der Waals surface area contributed by atoms with Crippen molar-refractivity contribution in [1.29, 1.82) is 0 Å². The van der Waals surface area contributed by atoms with Crippen LogP contribution in [-0.4, -0.2) is 44.5 Å². The van der Waals surface area contributed by atoms with Crippen LogP contribution in [0.4, 0.5) is 9.59 Å². The van der Waals surface area contributed by atoms with Crippen LogP contribution in [0.1, 0.15) is 52.7 Å². The molecule has 0 bridgehead atoms. The minimum atomic E-state index is -0.575. The second kappa shape index (κ2) is 15.3. The van der Waals surface area contributed by atoms with Crippen LogP contribution in [0.5, 0.6) is 0 Å². The van der Waals surface area contributed by atoms with Crippen molar-refractivity contribution in [3.63, 3.8) is 0 Å². The predicted molar refractivity (Wildman–Crippen MR) is 254 cm³/mol. The van der Waals surface area contributed by atoms with E-state index in [9.17, 15) is 28.8 Å². The van der Waals surface area contributed by atoms with Gasteiger partial charge in [-0.2, -0.15) is 0 Å². The van der Waals surface area contributed by atoms with Crippen molar-refractivity contribution >= 4 is 126 Å². The SMILES string of the molecule is O=C1C(=O)c2ccccc2/C1=C/c1cc2c(s1)c1c(n2C(=O)OCc2ccccc2)=CC2C=c3c(n(C(=O)OCc4ccccc4)c4cc(/C=C5\C(=O)C(=O)c6ccccc65)sc34)=CC2C=1. The standard InChI is InChI=1S/C54H32N2O8S2/c57-47-37-17-9-7-15-35(37)39(49(47)59)23-33-25-45-51(65-33)41-19-32-22-44-42(20-31(32)21-43(41)55(45)53(61)63-27-29-11-3-1-4-12-29)52-46(56(44)54(62)64-28-30-13-5-2-6-14-30)26-34(66-52)24-40-36-16-8-10-18-38(36)48(58)50(40)60/h1-26,31-32H,27-28H2/b39-23-,40-24-. The van der Waals surface area contributed by atoms with Gasteiger partial charge in [0, 0.05) is 54.3 Å². The van der Waals surface area contributed by atoms with Gasteiger partial charge in [0.15, 0.2) is 0 Å². The van der Waals surface area contributed by atoms with E-state index < -0.39 is 35.3 Å². The van der Waals surface area contributed by atoms with Crippen LogP contribution in [0, 0.1) is 11.8 Å². The van der Waals surface area contributed by atoms with Gasteiger partial charge in [-0.05, 0) is 46.5 Å². The van der Waals surface area contributed by atoms with E-state index in [1.807, 2.05) is 72.8 Å². The Balaban J connectivity index is 1.01. The number of ether oxygens (including phenoxy) is 2. The molecule has 0 spiro atoms. The highest BCUT2D eigenvalue weighted by Crippen LogP contribution is 2.37. The molecule has 4 heterocycles. The minimum absolute atomic E-state index is 0.0513. The van der Waals surface area contributed by atoms with Crippen molar-refractivity contribution in [2.75, 3.05) is 0 Å². The Morgan fingerprint density at radius 2 is 0.864 bits per heavy atom. The molecule has 0 amide bonds. The van der Waals surface area contributed by atoms with Crippen LogP contribution in [0.3, 0.4) is 0 Å². The Kier molecular flexibility index (Phi) is 9.16. The number of hydrogen-bond donors (Lipinski definition) is 0. The van der Waals surface area contributed by atoms with Crippen LogP contribution in [-0.2, 0) is 32.3 Å². The molecule has 0 aliphatic heterocycles. The van der Waals surface area contributed by atoms with E-state index in [4.69, 9.17) is 9.47 Å². The van der Waals surface area contributed by atoms with Gasteiger partial charge < -0.3 is 9.47 Å². The van der Waals surface area contributed by atoms with Gasteiger partial charge in [-0.15, -0.1) is 22.7 Å². The van der Waals surface area contributed by atoms with Crippen LogP contribution in [0.15, 0.2) is 121 Å². The third-order valence-electron chi connectivity index (χ3n) is 12.5. The van der Waals surface area contributed by atoms with Gasteiger partial charge in [0.25, 0.3) is 0 Å². The summed E-state index contributed by atoms with van der Waals surface area (Å²) in [5, 5.41) is 2.91. The van der Waals surface area contributed by atoms with Gasteiger partial charge in [-0.25, -0.2) is 18.7 Å². The highest BCUT2D eigenvalue weighted by Gasteiger charge is 2.35. The van der Waals surface area contributed by atoms with E-state index in [-0.39, 0.29) is 25.0 Å². The van der Waals surface area contributed by atoms with Gasteiger partial charge in [0.1, 0.15) is 13.2 Å². The molecular weight excluding hydrogens is 869 g/mol. The van der Waals surface area contributed by atoms with E-state index >= 15 is 0 Å². The molecule has 12 rings (SSSR count). The van der Waals surface area contributed by atoms with Crippen LogP contribution >= 0.6 is 22.7 Å². The molecule has 4 aromatic heterocycles. The lowest BCUT2D eigenvalue weighted by molar-refractivity contribution is -0.110. The summed E-state index contributed by atoms with van der Waals surface area (Å²) in [5.74, 6) is -2.75. The monoisotopic (exact) mass is 900 g/mol. The van der Waals surface area contributed by atoms with E-state index in [0.717, 1.165) is 31.0 Å². The molecule has 10 nitrogen and oxygen atoms in total. The first-order valence-corrected chi connectivity index (χ1v) is 22.8. The quantitative estimate of drug-likeness (QED) is 0.122. The maximum Gasteiger partial charge on any atom is 0.419 e. The van der Waals surface area contributed by atoms with Crippen molar-refractivity contribution in [1.82, 2.24) is 9.13 Å². The number of carbonyl (C=O) groups excluding carboxylic acids is 6. The van der Waals surface area contributed by atoms with Crippen molar-refractivity contribution in [2.24, 2.45) is 11.8 Å². The van der Waals surface area contributed by atoms with Crippen molar-refractivity contribution in [3.05, 3.63) is 186 Å². The molecular formula is C54H32N2O8S2. The van der Waals surface area contributed by atoms with E-state index in [0.29, 0.717) is 64.9 Å². The molecule has 4 aromatic carbocycles. The first-order chi connectivity index (χ1) is 32.2. The van der Waals surface area contributed by atoms with Crippen molar-refractivity contribution in [3.8, 4) is 0 Å². The highest BCUT2D eigenvalue weighted by atomic mass is 32.1. The fraction of sp³-hybridized carbons (Fsp3) is 0.0741. The predicted octanol–water partition coefficient (Wildman–Crippen LogP) is 7.78. The maximum atomic E-state index is 14.3. The molecule has 66 heavy (non-hydrogen) atoms. The van der Waals surface area contributed by atoms with Crippen LogP contribution < -0.4 is 21.1 Å². The van der Waals surface area contributed by atoms with E-state index in [2.05, 4.69) is 24.3 Å². The molecule has 4 aliphatic carbocycles. The Hall–Kier alpha value is -8.06. The van der Waals surface area contributed by atoms with E-state index in [1.165, 1.54) is 22.7 Å². The zero-order valence-electron chi connectivity index (χ0n) is 34.6. The number of fused-ring (bicyclic) bond motifs is 9. The molecule has 2 atom stereocenters. The zero-order valence-corrected chi connectivity index (χ0v) is 36.2. The third-order valence-corrected chi connectivity index (χ3v) is 14.7. The van der Waals surface area contributed by atoms with Crippen LogP contribution in [0.2, 0.25) is 0 Å². The zero-order chi connectivity index (χ0) is 44.8. The fourth-order valence-electron chi connectivity index (χ4n) is 9.43. The number of Topliss-reactive ketones (excluding diaryl/α,β-unsaturated/α-hetero) is 4. The summed E-state index contributed by atoms with van der Waals surface area (Å²) in [5.41, 5.74) is 5.34. The highest BCUT2D eigenvalue weighted by molar-refractivity contribution is 7.20. The summed E-state index contributed by atoms with van der Waals surface area (Å²) in [6.45, 7) is 0.103. The number of rotatable bonds is 6. The van der Waals surface area contributed by atoms with Gasteiger partial charge in [-0.3, -0.25) is 19.2 Å². The fourth-order valence-corrected chi connectivity index (χ4v) is 11.7. The average Bonchev–Trinajstić information content (AvgIpc) is 4.17. The number of aromatic nitrogens is 2. The lowest BCUT2D eigenvalue weighted by atomic mass is 9.84. The molecule has 0 radical (unpaired) electrons. The molecule has 0 saturated carbocycles. The molecule has 0 N–H and O–H groups in total. The van der Waals surface area contributed by atoms with Gasteiger partial charge >= 0.3 is 12.2 Å². The second-order valence-corrected chi connectivity index (χ2v) is 18.6. The number of benzene rings is 4. The topological polar surface area (TPSA) is 131 Å². The van der Waals surface area contributed by atoms with Gasteiger partial charge in [0.05, 0.1) is 31.1 Å². The first-order valence-electron chi connectivity index (χ1n) is 21.2. The maximum absolute atomic E-state index is 14.3. The lowest BCUT2D eigenvalue weighted by Crippen LogP contribution is -2.42.